The first-order valence-electron chi connectivity index (χ1n) is 6.15. The molecule has 0 spiro atoms. The molecule has 0 saturated carbocycles. The largest absolute Gasteiger partial charge is 0.379 e. The third-order valence-corrected chi connectivity index (χ3v) is 2.90. The molecule has 0 bridgehead atoms. The second kappa shape index (κ2) is 6.16. The highest BCUT2D eigenvalue weighted by atomic mass is 35.5. The minimum atomic E-state index is 0.402. The van der Waals surface area contributed by atoms with E-state index in [1.54, 1.807) is 12.4 Å². The van der Waals surface area contributed by atoms with Crippen LogP contribution in [0.4, 0.5) is 0 Å². The Kier molecular flexibility index (Phi) is 4.55. The lowest BCUT2D eigenvalue weighted by Gasteiger charge is -2.09. The molecule has 4 nitrogen and oxygen atoms in total. The molecule has 0 aliphatic heterocycles. The molecule has 2 aromatic rings. The van der Waals surface area contributed by atoms with Crippen LogP contribution in [-0.4, -0.2) is 27.7 Å². The number of nitrogens with zero attached hydrogens (tertiary/aromatic N) is 3. The second-order valence-corrected chi connectivity index (χ2v) is 4.91. The van der Waals surface area contributed by atoms with Gasteiger partial charge in [-0.3, -0.25) is 4.98 Å². The fourth-order valence-electron chi connectivity index (χ4n) is 1.86. The average molecular weight is 268 g/mol. The molecule has 0 aliphatic carbocycles. The molecule has 0 unspecified atom stereocenters. The van der Waals surface area contributed by atoms with Crippen molar-refractivity contribution in [1.29, 1.82) is 0 Å². The van der Waals surface area contributed by atoms with Gasteiger partial charge in [0.25, 0.3) is 0 Å². The van der Waals surface area contributed by atoms with E-state index in [0.29, 0.717) is 18.4 Å². The maximum absolute atomic E-state index is 5.92. The van der Waals surface area contributed by atoms with Crippen LogP contribution in [0, 0.1) is 5.92 Å². The quantitative estimate of drug-likeness (QED) is 0.597. The first-order valence-corrected chi connectivity index (χ1v) is 6.68. The van der Waals surface area contributed by atoms with Crippen LogP contribution in [0.5, 0.6) is 0 Å². The van der Waals surface area contributed by atoms with Crippen LogP contribution < -0.4 is 0 Å². The van der Waals surface area contributed by atoms with Gasteiger partial charge in [-0.25, -0.2) is 4.98 Å². The van der Waals surface area contributed by atoms with Crippen LogP contribution in [0.2, 0.25) is 0 Å². The molecule has 0 saturated heterocycles. The lowest BCUT2D eigenvalue weighted by Crippen LogP contribution is -2.11. The third-order valence-electron chi connectivity index (χ3n) is 2.66. The van der Waals surface area contributed by atoms with E-state index in [0.717, 1.165) is 30.0 Å². The summed E-state index contributed by atoms with van der Waals surface area (Å²) in [5, 5.41) is 0. The van der Waals surface area contributed by atoms with E-state index in [4.69, 9.17) is 16.3 Å². The summed E-state index contributed by atoms with van der Waals surface area (Å²) >= 11 is 5.92. The summed E-state index contributed by atoms with van der Waals surface area (Å²) in [6.45, 7) is 6.51. The smallest absolute Gasteiger partial charge is 0.124 e. The van der Waals surface area contributed by atoms with Crippen LogP contribution in [-0.2, 0) is 17.2 Å². The number of alkyl halides is 1. The molecule has 2 rings (SSSR count). The fraction of sp³-hybridized carbons (Fsp3) is 0.538. The summed E-state index contributed by atoms with van der Waals surface area (Å²) in [5.41, 5.74) is 1.95. The summed E-state index contributed by atoms with van der Waals surface area (Å²) in [7, 11) is 0. The van der Waals surface area contributed by atoms with Crippen LogP contribution in [0.1, 0.15) is 19.7 Å². The van der Waals surface area contributed by atoms with Crippen LogP contribution in [0.3, 0.4) is 0 Å². The monoisotopic (exact) mass is 267 g/mol. The van der Waals surface area contributed by atoms with Gasteiger partial charge in [0.2, 0.25) is 0 Å². The maximum Gasteiger partial charge on any atom is 0.124 e. The lowest BCUT2D eigenvalue weighted by molar-refractivity contribution is 0.103. The van der Waals surface area contributed by atoms with Gasteiger partial charge in [-0.15, -0.1) is 11.6 Å². The van der Waals surface area contributed by atoms with E-state index >= 15 is 0 Å². The van der Waals surface area contributed by atoms with Crippen molar-refractivity contribution < 1.29 is 4.74 Å². The predicted octanol–water partition coefficient (Wildman–Crippen LogP) is 2.84. The third kappa shape index (κ3) is 3.00. The standard InChI is InChI=1S/C13H18ClN3O/c1-10(2)9-18-6-5-17-12-3-4-15-8-11(12)16-13(17)7-14/h3-4,8,10H,5-7,9H2,1-2H3. The van der Waals surface area contributed by atoms with Crippen molar-refractivity contribution in [3.8, 4) is 0 Å². The Hall–Kier alpha value is -1.13. The van der Waals surface area contributed by atoms with E-state index in [1.165, 1.54) is 0 Å². The Bertz CT molecular complexity index is 510. The zero-order valence-corrected chi connectivity index (χ0v) is 11.5. The van der Waals surface area contributed by atoms with E-state index in [-0.39, 0.29) is 0 Å². The highest BCUT2D eigenvalue weighted by molar-refractivity contribution is 6.16. The number of imidazole rings is 1. The number of fused-ring (bicyclic) bond motifs is 1. The second-order valence-electron chi connectivity index (χ2n) is 4.65. The molecule has 0 atom stereocenters. The zero-order chi connectivity index (χ0) is 13.0. The van der Waals surface area contributed by atoms with Gasteiger partial charge in [-0.1, -0.05) is 13.8 Å². The van der Waals surface area contributed by atoms with Crippen molar-refractivity contribution in [3.63, 3.8) is 0 Å². The van der Waals surface area contributed by atoms with Gasteiger partial charge >= 0.3 is 0 Å². The van der Waals surface area contributed by atoms with Gasteiger partial charge in [-0.05, 0) is 12.0 Å². The Morgan fingerprint density at radius 3 is 3.00 bits per heavy atom. The molecular formula is C13H18ClN3O. The summed E-state index contributed by atoms with van der Waals surface area (Å²) in [4.78, 5) is 8.53. The first kappa shape index (κ1) is 13.3. The van der Waals surface area contributed by atoms with Crippen LogP contribution in [0.25, 0.3) is 11.0 Å². The summed E-state index contributed by atoms with van der Waals surface area (Å²) < 4.78 is 7.71. The summed E-state index contributed by atoms with van der Waals surface area (Å²) in [6, 6.07) is 1.96. The number of hydrogen-bond donors (Lipinski definition) is 0. The van der Waals surface area contributed by atoms with Crippen molar-refractivity contribution in [2.75, 3.05) is 13.2 Å². The Balaban J connectivity index is 2.10. The molecular weight excluding hydrogens is 250 g/mol. The molecule has 0 aromatic carbocycles. The average Bonchev–Trinajstić information content (AvgIpc) is 2.72. The zero-order valence-electron chi connectivity index (χ0n) is 10.8. The molecule has 0 radical (unpaired) electrons. The topological polar surface area (TPSA) is 39.9 Å². The lowest BCUT2D eigenvalue weighted by atomic mass is 10.2. The van der Waals surface area contributed by atoms with E-state index in [9.17, 15) is 0 Å². The number of pyridine rings is 1. The molecule has 98 valence electrons. The highest BCUT2D eigenvalue weighted by Gasteiger charge is 2.09. The van der Waals surface area contributed by atoms with Crippen molar-refractivity contribution in [1.82, 2.24) is 14.5 Å². The Morgan fingerprint density at radius 2 is 2.28 bits per heavy atom. The SMILES string of the molecule is CC(C)COCCn1c(CCl)nc2cnccc21. The number of aromatic nitrogens is 3. The Morgan fingerprint density at radius 1 is 1.44 bits per heavy atom. The summed E-state index contributed by atoms with van der Waals surface area (Å²) in [5.74, 6) is 1.83. The van der Waals surface area contributed by atoms with Gasteiger partial charge in [0.1, 0.15) is 11.3 Å². The molecule has 0 amide bonds. The number of rotatable bonds is 6. The van der Waals surface area contributed by atoms with Crippen molar-refractivity contribution in [2.24, 2.45) is 5.92 Å². The number of halogens is 1. The molecule has 2 heterocycles. The fourth-order valence-corrected chi connectivity index (χ4v) is 2.06. The van der Waals surface area contributed by atoms with Crippen molar-refractivity contribution in [3.05, 3.63) is 24.3 Å². The minimum Gasteiger partial charge on any atom is -0.379 e. The molecule has 5 heteroatoms. The maximum atomic E-state index is 5.92. The van der Waals surface area contributed by atoms with Gasteiger partial charge in [-0.2, -0.15) is 0 Å². The number of ether oxygens (including phenoxy) is 1. The number of hydrogen-bond acceptors (Lipinski definition) is 3. The van der Waals surface area contributed by atoms with E-state index in [2.05, 4.69) is 28.4 Å². The molecule has 2 aromatic heterocycles. The molecule has 0 fully saturated rings. The Labute approximate surface area is 112 Å². The van der Waals surface area contributed by atoms with E-state index in [1.807, 2.05) is 6.07 Å². The first-order chi connectivity index (χ1) is 8.72. The predicted molar refractivity (Wildman–Crippen MR) is 72.7 cm³/mol. The summed E-state index contributed by atoms with van der Waals surface area (Å²) in [6.07, 6.45) is 3.53. The van der Waals surface area contributed by atoms with Gasteiger partial charge in [0.05, 0.1) is 24.2 Å². The highest BCUT2D eigenvalue weighted by Crippen LogP contribution is 2.16. The minimum absolute atomic E-state index is 0.402. The van der Waals surface area contributed by atoms with Gasteiger partial charge in [0, 0.05) is 19.3 Å². The van der Waals surface area contributed by atoms with E-state index < -0.39 is 0 Å². The van der Waals surface area contributed by atoms with Crippen molar-refractivity contribution >= 4 is 22.6 Å². The molecule has 0 N–H and O–H groups in total. The van der Waals surface area contributed by atoms with Crippen LogP contribution >= 0.6 is 11.6 Å². The molecule has 18 heavy (non-hydrogen) atoms. The van der Waals surface area contributed by atoms with Gasteiger partial charge in [0.15, 0.2) is 0 Å². The van der Waals surface area contributed by atoms with Gasteiger partial charge < -0.3 is 9.30 Å². The molecule has 0 aliphatic rings. The van der Waals surface area contributed by atoms with Crippen LogP contribution in [0.15, 0.2) is 18.5 Å². The van der Waals surface area contributed by atoms with Crippen molar-refractivity contribution in [2.45, 2.75) is 26.3 Å². The normalized spacial score (nSPS) is 11.6.